The maximum atomic E-state index is 12.2. The van der Waals surface area contributed by atoms with Crippen molar-refractivity contribution in [3.05, 3.63) is 43.5 Å². The topological polar surface area (TPSA) is 115 Å². The molecule has 34 heavy (non-hydrogen) atoms. The van der Waals surface area contributed by atoms with Crippen LogP contribution in [-0.4, -0.2) is 44.0 Å². The molecule has 0 saturated heterocycles. The number of halogens is 2. The van der Waals surface area contributed by atoms with E-state index in [1.54, 1.807) is 13.0 Å². The Labute approximate surface area is 215 Å². The van der Waals surface area contributed by atoms with Crippen molar-refractivity contribution in [2.24, 2.45) is 5.10 Å². The molecule has 1 aromatic heterocycles. The molecule has 0 aliphatic carbocycles. The van der Waals surface area contributed by atoms with Crippen LogP contribution in [0.25, 0.3) is 0 Å². The summed E-state index contributed by atoms with van der Waals surface area (Å²) < 4.78 is 23.5. The average Bonchev–Trinajstić information content (AvgIpc) is 2.80. The lowest BCUT2D eigenvalue weighted by molar-refractivity contribution is -0.123. The van der Waals surface area contributed by atoms with E-state index < -0.39 is 5.91 Å². The Hall–Kier alpha value is -2.68. The summed E-state index contributed by atoms with van der Waals surface area (Å²) in [6, 6.07) is 5.64. The number of hydrogen-bond acceptors (Lipinski definition) is 8. The zero-order valence-electron chi connectivity index (χ0n) is 19.4. The zero-order chi connectivity index (χ0) is 25.1. The molecule has 0 spiro atoms. The largest absolute Gasteiger partial charge is 0.490 e. The van der Waals surface area contributed by atoms with Gasteiger partial charge in [0.15, 0.2) is 18.1 Å². The molecule has 0 atom stereocenters. The number of carbonyl (C=O) groups excluding carboxylic acids is 1. The second kappa shape index (κ2) is 13.9. The van der Waals surface area contributed by atoms with Gasteiger partial charge in [0.1, 0.15) is 11.6 Å². The van der Waals surface area contributed by atoms with Gasteiger partial charge in [0.2, 0.25) is 5.88 Å². The lowest BCUT2D eigenvalue weighted by atomic mass is 10.1. The Morgan fingerprint density at radius 3 is 2.68 bits per heavy atom. The Bertz CT molecular complexity index is 1090. The number of nitriles is 1. The minimum absolute atomic E-state index is 0.0577. The SMILES string of the molecule is CCCOc1c(Br)cc(/C=N/NC(=O)COc2nc(C)c(Br)c(COC)c2C#N)cc1OCC. The molecule has 0 unspecified atom stereocenters. The molecule has 0 bridgehead atoms. The van der Waals surface area contributed by atoms with Crippen molar-refractivity contribution in [1.29, 1.82) is 5.26 Å². The summed E-state index contributed by atoms with van der Waals surface area (Å²) in [6.07, 6.45) is 2.35. The molecule has 0 radical (unpaired) electrons. The number of carbonyl (C=O) groups is 1. The first-order valence-corrected chi connectivity index (χ1v) is 12.1. The van der Waals surface area contributed by atoms with Crippen LogP contribution in [0.1, 0.15) is 42.7 Å². The Morgan fingerprint density at radius 2 is 2.03 bits per heavy atom. The second-order valence-electron chi connectivity index (χ2n) is 6.91. The smallest absolute Gasteiger partial charge is 0.278 e. The Kier molecular flexibility index (Phi) is 11.3. The molecule has 182 valence electrons. The van der Waals surface area contributed by atoms with Gasteiger partial charge in [-0.2, -0.15) is 10.4 Å². The molecule has 9 nitrogen and oxygen atoms in total. The van der Waals surface area contributed by atoms with Gasteiger partial charge >= 0.3 is 0 Å². The summed E-state index contributed by atoms with van der Waals surface area (Å²) in [5.41, 5.74) is 4.51. The highest BCUT2D eigenvalue weighted by Crippen LogP contribution is 2.36. The fraction of sp³-hybridized carbons (Fsp3) is 0.391. The Morgan fingerprint density at radius 1 is 1.26 bits per heavy atom. The number of methoxy groups -OCH3 is 1. The van der Waals surface area contributed by atoms with Gasteiger partial charge in [-0.25, -0.2) is 10.4 Å². The number of amides is 1. The van der Waals surface area contributed by atoms with E-state index in [0.29, 0.717) is 46.0 Å². The predicted molar refractivity (Wildman–Crippen MR) is 134 cm³/mol. The number of ether oxygens (including phenoxy) is 4. The molecule has 0 fully saturated rings. The van der Waals surface area contributed by atoms with Crippen LogP contribution >= 0.6 is 31.9 Å². The van der Waals surface area contributed by atoms with E-state index in [4.69, 9.17) is 18.9 Å². The van der Waals surface area contributed by atoms with Gasteiger partial charge in [0, 0.05) is 17.1 Å². The first-order chi connectivity index (χ1) is 16.4. The number of hydrogen-bond donors (Lipinski definition) is 1. The molecule has 2 rings (SSSR count). The molecule has 11 heteroatoms. The minimum Gasteiger partial charge on any atom is -0.490 e. The van der Waals surface area contributed by atoms with E-state index in [-0.39, 0.29) is 24.7 Å². The maximum absolute atomic E-state index is 12.2. The molecule has 2 aromatic rings. The summed E-state index contributed by atoms with van der Waals surface area (Å²) in [6.45, 7) is 6.53. The van der Waals surface area contributed by atoms with Gasteiger partial charge in [-0.05, 0) is 69.8 Å². The molecule has 0 aliphatic heterocycles. The molecule has 0 saturated carbocycles. The highest BCUT2D eigenvalue weighted by Gasteiger charge is 2.18. The summed E-state index contributed by atoms with van der Waals surface area (Å²) in [7, 11) is 1.52. The number of nitrogens with one attached hydrogen (secondary N) is 1. The van der Waals surface area contributed by atoms with Crippen molar-refractivity contribution < 1.29 is 23.7 Å². The Balaban J connectivity index is 2.07. The van der Waals surface area contributed by atoms with E-state index in [2.05, 4.69) is 53.4 Å². The van der Waals surface area contributed by atoms with E-state index in [1.165, 1.54) is 13.3 Å². The number of aromatic nitrogens is 1. The third-order valence-corrected chi connectivity index (χ3v) is 5.93. The highest BCUT2D eigenvalue weighted by atomic mass is 79.9. The van der Waals surface area contributed by atoms with Crippen molar-refractivity contribution in [2.75, 3.05) is 26.9 Å². The monoisotopic (exact) mass is 596 g/mol. The van der Waals surface area contributed by atoms with Crippen molar-refractivity contribution in [2.45, 2.75) is 33.8 Å². The molecular weight excluding hydrogens is 572 g/mol. The van der Waals surface area contributed by atoms with Gasteiger partial charge in [0.05, 0.1) is 36.2 Å². The van der Waals surface area contributed by atoms with Crippen LogP contribution in [-0.2, 0) is 16.1 Å². The first-order valence-electron chi connectivity index (χ1n) is 10.5. The number of nitrogens with zero attached hydrogens (tertiary/aromatic N) is 3. The highest BCUT2D eigenvalue weighted by molar-refractivity contribution is 9.10. The summed E-state index contributed by atoms with van der Waals surface area (Å²) in [5, 5.41) is 13.5. The fourth-order valence-electron chi connectivity index (χ4n) is 2.83. The maximum Gasteiger partial charge on any atom is 0.278 e. The third kappa shape index (κ3) is 7.41. The quantitative estimate of drug-likeness (QED) is 0.280. The minimum atomic E-state index is -0.511. The number of hydrazone groups is 1. The van der Waals surface area contributed by atoms with E-state index >= 15 is 0 Å². The van der Waals surface area contributed by atoms with Crippen LogP contribution < -0.4 is 19.6 Å². The van der Waals surface area contributed by atoms with Crippen molar-refractivity contribution in [3.63, 3.8) is 0 Å². The summed E-state index contributed by atoms with van der Waals surface area (Å²) in [5.74, 6) is 0.746. The zero-order valence-corrected chi connectivity index (χ0v) is 22.6. The van der Waals surface area contributed by atoms with Crippen LogP contribution in [0.15, 0.2) is 26.2 Å². The lowest BCUT2D eigenvalue weighted by Gasteiger charge is -2.14. The molecular formula is C23H26Br2N4O5. The van der Waals surface area contributed by atoms with Crippen molar-refractivity contribution in [3.8, 4) is 23.4 Å². The van der Waals surface area contributed by atoms with E-state index in [9.17, 15) is 10.1 Å². The number of benzene rings is 1. The van der Waals surface area contributed by atoms with Gasteiger partial charge in [-0.3, -0.25) is 4.79 Å². The van der Waals surface area contributed by atoms with Crippen LogP contribution in [0.4, 0.5) is 0 Å². The predicted octanol–water partition coefficient (Wildman–Crippen LogP) is 4.65. The number of rotatable bonds is 12. The first kappa shape index (κ1) is 27.6. The van der Waals surface area contributed by atoms with Crippen LogP contribution in [0.5, 0.6) is 17.4 Å². The fourth-order valence-corrected chi connectivity index (χ4v) is 3.80. The van der Waals surface area contributed by atoms with Crippen molar-refractivity contribution >= 4 is 44.0 Å². The second-order valence-corrected chi connectivity index (χ2v) is 8.56. The summed E-state index contributed by atoms with van der Waals surface area (Å²) >= 11 is 6.90. The molecule has 1 aromatic carbocycles. The standard InChI is InChI=1S/C23H26Br2N4O5/c1-5-7-33-22-18(24)8-15(9-19(22)32-6-2)11-27-29-20(30)13-34-23-16(10-26)17(12-31-4)21(25)14(3)28-23/h8-9,11H,5-7,12-13H2,1-4H3,(H,29,30)/b27-11+. The van der Waals surface area contributed by atoms with Gasteiger partial charge in [-0.1, -0.05) is 6.92 Å². The van der Waals surface area contributed by atoms with Crippen LogP contribution in [0, 0.1) is 18.3 Å². The molecule has 1 N–H and O–H groups in total. The normalized spacial score (nSPS) is 10.7. The number of pyridine rings is 1. The average molecular weight is 598 g/mol. The molecule has 1 heterocycles. The molecule has 0 aliphatic rings. The van der Waals surface area contributed by atoms with Gasteiger partial charge in [0.25, 0.3) is 5.91 Å². The number of aryl methyl sites for hydroxylation is 1. The lowest BCUT2D eigenvalue weighted by Crippen LogP contribution is -2.25. The van der Waals surface area contributed by atoms with Gasteiger partial charge in [-0.15, -0.1) is 0 Å². The van der Waals surface area contributed by atoms with Gasteiger partial charge < -0.3 is 18.9 Å². The van der Waals surface area contributed by atoms with E-state index in [1.807, 2.05) is 19.9 Å². The van der Waals surface area contributed by atoms with Crippen LogP contribution in [0.3, 0.4) is 0 Å². The molecule has 1 amide bonds. The van der Waals surface area contributed by atoms with Crippen LogP contribution in [0.2, 0.25) is 0 Å². The van der Waals surface area contributed by atoms with E-state index in [0.717, 1.165) is 10.9 Å². The van der Waals surface area contributed by atoms with Crippen molar-refractivity contribution in [1.82, 2.24) is 10.4 Å². The third-order valence-electron chi connectivity index (χ3n) is 4.29. The summed E-state index contributed by atoms with van der Waals surface area (Å²) in [4.78, 5) is 16.5.